The summed E-state index contributed by atoms with van der Waals surface area (Å²) in [6.07, 6.45) is 0. The van der Waals surface area contributed by atoms with E-state index in [1.54, 1.807) is 11.8 Å². The predicted octanol–water partition coefficient (Wildman–Crippen LogP) is 5.27. The summed E-state index contributed by atoms with van der Waals surface area (Å²) >= 11 is 10.9. The summed E-state index contributed by atoms with van der Waals surface area (Å²) in [6.45, 7) is 0. The molecule has 2 aromatic rings. The van der Waals surface area contributed by atoms with Crippen LogP contribution in [0.3, 0.4) is 0 Å². The Bertz CT molecular complexity index is 590. The third kappa shape index (κ3) is 3.29. The van der Waals surface area contributed by atoms with E-state index >= 15 is 0 Å². The van der Waals surface area contributed by atoms with Gasteiger partial charge in [0.25, 0.3) is 0 Å². The summed E-state index contributed by atoms with van der Waals surface area (Å²) in [4.78, 5) is 0.988. The van der Waals surface area contributed by atoms with Crippen LogP contribution in [0.5, 0.6) is 0 Å². The Morgan fingerprint density at radius 2 is 1.89 bits per heavy atom. The molecule has 0 amide bonds. The topological polar surface area (TPSA) is 23.8 Å². The van der Waals surface area contributed by atoms with Crippen molar-refractivity contribution in [2.24, 2.45) is 0 Å². The molecule has 0 aliphatic rings. The van der Waals surface area contributed by atoms with Crippen molar-refractivity contribution in [1.29, 1.82) is 5.26 Å². The van der Waals surface area contributed by atoms with Crippen LogP contribution in [0, 0.1) is 11.3 Å². The van der Waals surface area contributed by atoms with Crippen LogP contribution < -0.4 is 0 Å². The number of hydrogen-bond acceptors (Lipinski definition) is 2. The van der Waals surface area contributed by atoms with Crippen LogP contribution in [0.2, 0.25) is 5.02 Å². The lowest BCUT2D eigenvalue weighted by Crippen LogP contribution is -1.85. The quantitative estimate of drug-likeness (QED) is 0.712. The van der Waals surface area contributed by atoms with Crippen molar-refractivity contribution in [3.63, 3.8) is 0 Å². The highest BCUT2D eigenvalue weighted by Gasteiger charge is 2.06. The molecule has 90 valence electrons. The lowest BCUT2D eigenvalue weighted by molar-refractivity contribution is 1.32. The van der Waals surface area contributed by atoms with Gasteiger partial charge >= 0.3 is 0 Å². The molecule has 0 N–H and O–H groups in total. The number of rotatable bonds is 3. The second kappa shape index (κ2) is 6.29. The minimum atomic E-state index is 0.691. The van der Waals surface area contributed by atoms with E-state index < -0.39 is 0 Å². The lowest BCUT2D eigenvalue weighted by atomic mass is 10.2. The zero-order chi connectivity index (χ0) is 13.0. The molecule has 18 heavy (non-hydrogen) atoms. The second-order valence-electron chi connectivity index (χ2n) is 3.64. The molecule has 0 radical (unpaired) electrons. The first-order chi connectivity index (χ1) is 8.70. The Morgan fingerprint density at radius 1 is 1.17 bits per heavy atom. The maximum atomic E-state index is 9.12. The lowest BCUT2D eigenvalue weighted by Gasteiger charge is -2.05. The first-order valence-corrected chi connectivity index (χ1v) is 7.42. The van der Waals surface area contributed by atoms with Gasteiger partial charge in [0.05, 0.1) is 5.56 Å². The van der Waals surface area contributed by atoms with Gasteiger partial charge in [-0.2, -0.15) is 5.26 Å². The van der Waals surface area contributed by atoms with Gasteiger partial charge in [0.2, 0.25) is 0 Å². The highest BCUT2D eigenvalue weighted by atomic mass is 79.9. The van der Waals surface area contributed by atoms with Crippen LogP contribution >= 0.6 is 39.3 Å². The summed E-state index contributed by atoms with van der Waals surface area (Å²) in [5, 5.41) is 9.86. The van der Waals surface area contributed by atoms with Crippen molar-refractivity contribution >= 4 is 39.3 Å². The van der Waals surface area contributed by atoms with E-state index in [4.69, 9.17) is 16.9 Å². The molecule has 0 spiro atoms. The molecule has 0 bridgehead atoms. The van der Waals surface area contributed by atoms with Gasteiger partial charge in [0.1, 0.15) is 6.07 Å². The zero-order valence-electron chi connectivity index (χ0n) is 9.36. The van der Waals surface area contributed by atoms with Crippen molar-refractivity contribution in [1.82, 2.24) is 0 Å². The van der Waals surface area contributed by atoms with Crippen LogP contribution in [0.4, 0.5) is 0 Å². The highest BCUT2D eigenvalue weighted by Crippen LogP contribution is 2.30. The maximum absolute atomic E-state index is 9.12. The van der Waals surface area contributed by atoms with Gasteiger partial charge in [-0.3, -0.25) is 0 Å². The van der Waals surface area contributed by atoms with Crippen molar-refractivity contribution < 1.29 is 0 Å². The van der Waals surface area contributed by atoms with E-state index in [1.165, 1.54) is 5.56 Å². The van der Waals surface area contributed by atoms with Crippen LogP contribution in [-0.2, 0) is 5.75 Å². The Balaban J connectivity index is 2.14. The van der Waals surface area contributed by atoms with Gasteiger partial charge in [-0.1, -0.05) is 29.8 Å². The molecule has 0 atom stereocenters. The van der Waals surface area contributed by atoms with Gasteiger partial charge < -0.3 is 0 Å². The third-order valence-electron chi connectivity index (χ3n) is 2.39. The van der Waals surface area contributed by atoms with E-state index in [1.807, 2.05) is 42.5 Å². The molecular formula is C14H9BrClNS. The van der Waals surface area contributed by atoms with E-state index in [9.17, 15) is 0 Å². The number of benzene rings is 2. The van der Waals surface area contributed by atoms with E-state index in [0.717, 1.165) is 20.1 Å². The van der Waals surface area contributed by atoms with E-state index in [-0.39, 0.29) is 0 Å². The molecule has 4 heteroatoms. The summed E-state index contributed by atoms with van der Waals surface area (Å²) < 4.78 is 0.839. The summed E-state index contributed by atoms with van der Waals surface area (Å²) in [6, 6.07) is 15.8. The number of hydrogen-bond donors (Lipinski definition) is 0. The SMILES string of the molecule is N#Cc1c(Br)cccc1SCc1ccc(Cl)cc1. The average molecular weight is 339 g/mol. The first kappa shape index (κ1) is 13.5. The summed E-state index contributed by atoms with van der Waals surface area (Å²) in [5.41, 5.74) is 1.88. The summed E-state index contributed by atoms with van der Waals surface area (Å²) in [5.74, 6) is 0.822. The summed E-state index contributed by atoms with van der Waals surface area (Å²) in [7, 11) is 0. The largest absolute Gasteiger partial charge is 0.192 e. The van der Waals surface area contributed by atoms with Crippen molar-refractivity contribution in [2.45, 2.75) is 10.6 Å². The van der Waals surface area contributed by atoms with E-state index in [2.05, 4.69) is 22.0 Å². The Kier molecular flexibility index (Phi) is 4.71. The minimum absolute atomic E-state index is 0.691. The second-order valence-corrected chi connectivity index (χ2v) is 5.95. The third-order valence-corrected chi connectivity index (χ3v) is 4.44. The molecule has 0 fully saturated rings. The minimum Gasteiger partial charge on any atom is -0.192 e. The molecule has 0 unspecified atom stereocenters. The molecule has 1 nitrogen and oxygen atoms in total. The van der Waals surface area contributed by atoms with Crippen LogP contribution in [-0.4, -0.2) is 0 Å². The zero-order valence-corrected chi connectivity index (χ0v) is 12.5. The smallest absolute Gasteiger partial charge is 0.101 e. The molecule has 0 heterocycles. The highest BCUT2D eigenvalue weighted by molar-refractivity contribution is 9.10. The fraction of sp³-hybridized carbons (Fsp3) is 0.0714. The first-order valence-electron chi connectivity index (χ1n) is 5.26. The molecule has 0 saturated carbocycles. The fourth-order valence-electron chi connectivity index (χ4n) is 1.47. The van der Waals surface area contributed by atoms with Gasteiger partial charge in [-0.05, 0) is 45.8 Å². The van der Waals surface area contributed by atoms with Crippen molar-refractivity contribution in [2.75, 3.05) is 0 Å². The van der Waals surface area contributed by atoms with Crippen LogP contribution in [0.15, 0.2) is 51.8 Å². The number of halogens is 2. The van der Waals surface area contributed by atoms with Gasteiger partial charge in [0, 0.05) is 20.1 Å². The van der Waals surface area contributed by atoms with Gasteiger partial charge in [-0.15, -0.1) is 11.8 Å². The van der Waals surface area contributed by atoms with Crippen LogP contribution in [0.25, 0.3) is 0 Å². The molecule has 0 saturated heterocycles. The molecule has 0 aliphatic carbocycles. The normalized spacial score (nSPS) is 10.1. The van der Waals surface area contributed by atoms with Crippen molar-refractivity contribution in [3.05, 3.63) is 63.1 Å². The average Bonchev–Trinajstić information content (AvgIpc) is 2.38. The molecule has 0 aliphatic heterocycles. The van der Waals surface area contributed by atoms with E-state index in [0.29, 0.717) is 5.56 Å². The van der Waals surface area contributed by atoms with Gasteiger partial charge in [-0.25, -0.2) is 0 Å². The predicted molar refractivity (Wildman–Crippen MR) is 79.9 cm³/mol. The van der Waals surface area contributed by atoms with Gasteiger partial charge in [0.15, 0.2) is 0 Å². The number of nitrogens with zero attached hydrogens (tertiary/aromatic N) is 1. The number of thioether (sulfide) groups is 1. The van der Waals surface area contributed by atoms with Crippen LogP contribution in [0.1, 0.15) is 11.1 Å². The molecule has 2 aromatic carbocycles. The maximum Gasteiger partial charge on any atom is 0.101 e. The molecule has 2 rings (SSSR count). The Labute approximate surface area is 124 Å². The monoisotopic (exact) mass is 337 g/mol. The molecular weight excluding hydrogens is 330 g/mol. The number of nitriles is 1. The van der Waals surface area contributed by atoms with Crippen molar-refractivity contribution in [3.8, 4) is 6.07 Å². The Morgan fingerprint density at radius 3 is 2.56 bits per heavy atom. The standard InChI is InChI=1S/C14H9BrClNS/c15-13-2-1-3-14(12(13)8-17)18-9-10-4-6-11(16)7-5-10/h1-7H,9H2. The Hall–Kier alpha value is -0.950. The fourth-order valence-corrected chi connectivity index (χ4v) is 3.18. The molecule has 0 aromatic heterocycles.